The van der Waals surface area contributed by atoms with E-state index in [4.69, 9.17) is 14.2 Å². The van der Waals surface area contributed by atoms with Gasteiger partial charge in [0.05, 0.1) is 13.2 Å². The molecule has 0 aliphatic carbocycles. The first kappa shape index (κ1) is 21.6. The molecule has 142 valence electrons. The van der Waals surface area contributed by atoms with Crippen molar-refractivity contribution >= 4 is 13.6 Å². The van der Waals surface area contributed by atoms with Crippen LogP contribution in [0.3, 0.4) is 0 Å². The molecule has 1 aliphatic rings. The molecular formula is C16H31O7P. The minimum absolute atomic E-state index is 0.0224. The SMILES string of the molecule is CCOC(=O)C(CC)(C(CC)CCOC1CCCCO1)P(=O)(O)O. The van der Waals surface area contributed by atoms with Crippen molar-refractivity contribution in [1.82, 2.24) is 0 Å². The Morgan fingerprint density at radius 1 is 1.33 bits per heavy atom. The number of esters is 1. The number of hydrogen-bond acceptors (Lipinski definition) is 5. The zero-order chi connectivity index (χ0) is 18.2. The Kier molecular flexibility index (Phi) is 8.88. The first-order valence-corrected chi connectivity index (χ1v) is 10.4. The molecule has 3 atom stereocenters. The summed E-state index contributed by atoms with van der Waals surface area (Å²) in [5.74, 6) is -1.34. The van der Waals surface area contributed by atoms with E-state index in [-0.39, 0.29) is 19.3 Å². The first-order chi connectivity index (χ1) is 11.3. The molecule has 0 radical (unpaired) electrons. The Balaban J connectivity index is 2.83. The molecule has 7 nitrogen and oxygen atoms in total. The molecule has 3 unspecified atom stereocenters. The van der Waals surface area contributed by atoms with Crippen molar-refractivity contribution in [3.63, 3.8) is 0 Å². The molecule has 0 bridgehead atoms. The highest BCUT2D eigenvalue weighted by molar-refractivity contribution is 7.54. The minimum atomic E-state index is -4.70. The standard InChI is InChI=1S/C16H31O7P/c1-4-13(10-12-23-14-9-7-8-11-22-14)16(5-2,24(18,19)20)15(17)21-6-3/h13-14H,4-12H2,1-3H3,(H2,18,19,20). The predicted molar refractivity (Wildman–Crippen MR) is 89.6 cm³/mol. The smallest absolute Gasteiger partial charge is 0.343 e. The van der Waals surface area contributed by atoms with Gasteiger partial charge in [0.25, 0.3) is 0 Å². The summed E-state index contributed by atoms with van der Waals surface area (Å²) in [5, 5.41) is -1.81. The maximum absolute atomic E-state index is 12.4. The van der Waals surface area contributed by atoms with Gasteiger partial charge in [-0.3, -0.25) is 9.36 Å². The van der Waals surface area contributed by atoms with Crippen LogP contribution in [0.4, 0.5) is 0 Å². The third-order valence-electron chi connectivity index (χ3n) is 4.76. The zero-order valence-corrected chi connectivity index (χ0v) is 15.8. The molecule has 2 N–H and O–H groups in total. The lowest BCUT2D eigenvalue weighted by Gasteiger charge is -2.37. The molecule has 1 heterocycles. The Labute approximate surface area is 144 Å². The van der Waals surface area contributed by atoms with E-state index in [9.17, 15) is 19.1 Å². The van der Waals surface area contributed by atoms with Crippen molar-refractivity contribution < 1.29 is 33.4 Å². The summed E-state index contributed by atoms with van der Waals surface area (Å²) in [7, 11) is -4.70. The molecule has 24 heavy (non-hydrogen) atoms. The molecule has 1 aliphatic heterocycles. The third kappa shape index (κ3) is 5.02. The van der Waals surface area contributed by atoms with E-state index in [1.165, 1.54) is 0 Å². The van der Waals surface area contributed by atoms with Crippen molar-refractivity contribution in [3.8, 4) is 0 Å². The summed E-state index contributed by atoms with van der Waals surface area (Å²) in [6.07, 6.45) is 3.48. The topological polar surface area (TPSA) is 102 Å². The fourth-order valence-corrected chi connectivity index (χ4v) is 4.89. The Hall–Kier alpha value is -0.460. The second-order valence-corrected chi connectivity index (χ2v) is 7.99. The molecule has 1 fully saturated rings. The fourth-order valence-electron chi connectivity index (χ4n) is 3.38. The maximum atomic E-state index is 12.4. The highest BCUT2D eigenvalue weighted by Crippen LogP contribution is 2.58. The van der Waals surface area contributed by atoms with Gasteiger partial charge in [0.1, 0.15) is 0 Å². The van der Waals surface area contributed by atoms with E-state index in [1.54, 1.807) is 13.8 Å². The predicted octanol–water partition coefficient (Wildman–Crippen LogP) is 2.84. The van der Waals surface area contributed by atoms with Crippen molar-refractivity contribution in [2.75, 3.05) is 19.8 Å². The van der Waals surface area contributed by atoms with E-state index >= 15 is 0 Å². The molecule has 0 saturated carbocycles. The third-order valence-corrected chi connectivity index (χ3v) is 6.67. The van der Waals surface area contributed by atoms with Crippen LogP contribution >= 0.6 is 7.60 Å². The molecule has 1 saturated heterocycles. The fraction of sp³-hybridized carbons (Fsp3) is 0.938. The average Bonchev–Trinajstić information content (AvgIpc) is 2.54. The lowest BCUT2D eigenvalue weighted by atomic mass is 9.84. The van der Waals surface area contributed by atoms with E-state index < -0.39 is 24.6 Å². The van der Waals surface area contributed by atoms with Crippen molar-refractivity contribution in [2.45, 2.75) is 70.7 Å². The summed E-state index contributed by atoms with van der Waals surface area (Å²) in [6.45, 7) is 6.12. The molecule has 0 aromatic heterocycles. The van der Waals surface area contributed by atoms with Crippen molar-refractivity contribution in [3.05, 3.63) is 0 Å². The number of ether oxygens (including phenoxy) is 3. The number of hydrogen-bond donors (Lipinski definition) is 2. The van der Waals surface area contributed by atoms with Crippen LogP contribution in [-0.2, 0) is 23.6 Å². The van der Waals surface area contributed by atoms with Gasteiger partial charge >= 0.3 is 13.6 Å². The Morgan fingerprint density at radius 3 is 2.50 bits per heavy atom. The van der Waals surface area contributed by atoms with Gasteiger partial charge in [0.2, 0.25) is 0 Å². The Morgan fingerprint density at radius 2 is 2.04 bits per heavy atom. The van der Waals surface area contributed by atoms with Crippen molar-refractivity contribution in [2.24, 2.45) is 5.92 Å². The van der Waals surface area contributed by atoms with Gasteiger partial charge in [-0.05, 0) is 44.9 Å². The van der Waals surface area contributed by atoms with Gasteiger partial charge in [0.15, 0.2) is 11.4 Å². The Bertz CT molecular complexity index is 430. The monoisotopic (exact) mass is 366 g/mol. The van der Waals surface area contributed by atoms with E-state index in [1.807, 2.05) is 6.92 Å². The second-order valence-electron chi connectivity index (χ2n) is 6.10. The van der Waals surface area contributed by atoms with Crippen LogP contribution < -0.4 is 0 Å². The van der Waals surface area contributed by atoms with Crippen LogP contribution in [0, 0.1) is 5.92 Å². The summed E-state index contributed by atoms with van der Waals surface area (Å²) in [5.41, 5.74) is 0. The molecule has 8 heteroatoms. The summed E-state index contributed by atoms with van der Waals surface area (Å²) < 4.78 is 28.4. The minimum Gasteiger partial charge on any atom is -0.465 e. The summed E-state index contributed by atoms with van der Waals surface area (Å²) in [6, 6.07) is 0. The lowest BCUT2D eigenvalue weighted by Crippen LogP contribution is -2.46. The van der Waals surface area contributed by atoms with Crippen LogP contribution in [0.15, 0.2) is 0 Å². The first-order valence-electron chi connectivity index (χ1n) is 8.79. The summed E-state index contributed by atoms with van der Waals surface area (Å²) >= 11 is 0. The highest BCUT2D eigenvalue weighted by Gasteiger charge is 2.57. The van der Waals surface area contributed by atoms with E-state index in [0.29, 0.717) is 26.1 Å². The van der Waals surface area contributed by atoms with Crippen LogP contribution in [0.25, 0.3) is 0 Å². The van der Waals surface area contributed by atoms with Crippen LogP contribution in [0.5, 0.6) is 0 Å². The molecular weight excluding hydrogens is 335 g/mol. The maximum Gasteiger partial charge on any atom is 0.343 e. The van der Waals surface area contributed by atoms with Crippen LogP contribution in [0.1, 0.15) is 59.3 Å². The average molecular weight is 366 g/mol. The number of rotatable bonds is 10. The summed E-state index contributed by atoms with van der Waals surface area (Å²) in [4.78, 5) is 32.3. The quantitative estimate of drug-likeness (QED) is 0.453. The molecule has 0 aromatic carbocycles. The molecule has 0 spiro atoms. The highest BCUT2D eigenvalue weighted by atomic mass is 31.2. The van der Waals surface area contributed by atoms with Gasteiger partial charge in [-0.2, -0.15) is 0 Å². The second kappa shape index (κ2) is 9.88. The zero-order valence-electron chi connectivity index (χ0n) is 14.9. The van der Waals surface area contributed by atoms with E-state index in [2.05, 4.69) is 0 Å². The van der Waals surface area contributed by atoms with Gasteiger partial charge < -0.3 is 24.0 Å². The van der Waals surface area contributed by atoms with Crippen LogP contribution in [0.2, 0.25) is 0 Å². The number of carbonyl (C=O) groups excluding carboxylic acids is 1. The van der Waals surface area contributed by atoms with E-state index in [0.717, 1.165) is 19.3 Å². The lowest BCUT2D eigenvalue weighted by molar-refractivity contribution is -0.165. The number of carbonyl (C=O) groups is 1. The normalized spacial score (nSPS) is 22.6. The largest absolute Gasteiger partial charge is 0.465 e. The van der Waals surface area contributed by atoms with Gasteiger partial charge in [-0.1, -0.05) is 20.3 Å². The van der Waals surface area contributed by atoms with Gasteiger partial charge in [-0.15, -0.1) is 0 Å². The molecule has 0 aromatic rings. The van der Waals surface area contributed by atoms with Crippen molar-refractivity contribution in [1.29, 1.82) is 0 Å². The molecule has 0 amide bonds. The molecule has 1 rings (SSSR count). The van der Waals surface area contributed by atoms with Gasteiger partial charge in [0, 0.05) is 6.61 Å². The van der Waals surface area contributed by atoms with Crippen LogP contribution in [-0.4, -0.2) is 47.0 Å². The van der Waals surface area contributed by atoms with Gasteiger partial charge in [-0.25, -0.2) is 0 Å².